The molecule has 150 valence electrons. The van der Waals surface area contributed by atoms with E-state index in [4.69, 9.17) is 0 Å². The minimum atomic E-state index is -0.0613. The van der Waals surface area contributed by atoms with Gasteiger partial charge in [0.05, 0.1) is 12.2 Å². The Bertz CT molecular complexity index is 1160. The molecule has 0 aliphatic carbocycles. The third-order valence-corrected chi connectivity index (χ3v) is 5.34. The Morgan fingerprint density at radius 1 is 0.867 bits per heavy atom. The van der Waals surface area contributed by atoms with Gasteiger partial charge in [-0.1, -0.05) is 66.7 Å². The fraction of sp³-hybridized carbons (Fsp3) is 0.154. The second kappa shape index (κ2) is 8.37. The molecule has 0 saturated heterocycles. The van der Waals surface area contributed by atoms with Crippen molar-refractivity contribution in [1.82, 2.24) is 9.78 Å². The third kappa shape index (κ3) is 4.03. The summed E-state index contributed by atoms with van der Waals surface area (Å²) in [5, 5.41) is 4.36. The lowest BCUT2D eigenvalue weighted by Gasteiger charge is -2.24. The van der Waals surface area contributed by atoms with E-state index in [0.29, 0.717) is 12.2 Å². The van der Waals surface area contributed by atoms with E-state index in [9.17, 15) is 4.79 Å². The monoisotopic (exact) mass is 395 g/mol. The van der Waals surface area contributed by atoms with Crippen molar-refractivity contribution in [2.45, 2.75) is 20.4 Å². The Hall–Kier alpha value is -3.66. The predicted octanol–water partition coefficient (Wildman–Crippen LogP) is 5.55. The van der Waals surface area contributed by atoms with E-state index >= 15 is 0 Å². The number of benzene rings is 3. The smallest absolute Gasteiger partial charge is 0.276 e. The second-order valence-corrected chi connectivity index (χ2v) is 7.53. The largest absolute Gasteiger partial charge is 0.303 e. The molecule has 0 spiro atoms. The minimum absolute atomic E-state index is 0.0613. The first-order valence-corrected chi connectivity index (χ1v) is 10.1. The van der Waals surface area contributed by atoms with Gasteiger partial charge in [0, 0.05) is 12.7 Å². The van der Waals surface area contributed by atoms with Crippen molar-refractivity contribution in [3.63, 3.8) is 0 Å². The molecule has 0 saturated carbocycles. The number of carbonyl (C=O) groups excluding carboxylic acids is 1. The Morgan fingerprint density at radius 2 is 1.50 bits per heavy atom. The molecule has 0 N–H and O–H groups in total. The van der Waals surface area contributed by atoms with E-state index in [1.165, 1.54) is 0 Å². The van der Waals surface area contributed by atoms with Crippen LogP contribution in [0.5, 0.6) is 0 Å². The first-order valence-electron chi connectivity index (χ1n) is 10.1. The third-order valence-electron chi connectivity index (χ3n) is 5.34. The summed E-state index contributed by atoms with van der Waals surface area (Å²) in [6.45, 7) is 4.47. The van der Waals surface area contributed by atoms with Crippen molar-refractivity contribution in [2.24, 2.45) is 7.05 Å². The minimum Gasteiger partial charge on any atom is -0.303 e. The molecule has 4 heteroatoms. The summed E-state index contributed by atoms with van der Waals surface area (Å²) in [5.41, 5.74) is 6.84. The fourth-order valence-corrected chi connectivity index (χ4v) is 3.65. The molecule has 0 unspecified atom stereocenters. The predicted molar refractivity (Wildman–Crippen MR) is 122 cm³/mol. The molecule has 0 bridgehead atoms. The molecule has 30 heavy (non-hydrogen) atoms. The molecular weight excluding hydrogens is 370 g/mol. The Balaban J connectivity index is 1.72. The van der Waals surface area contributed by atoms with Gasteiger partial charge >= 0.3 is 0 Å². The number of rotatable bonds is 5. The maximum Gasteiger partial charge on any atom is 0.276 e. The van der Waals surface area contributed by atoms with E-state index in [1.54, 1.807) is 4.68 Å². The quantitative estimate of drug-likeness (QED) is 0.444. The molecule has 4 nitrogen and oxygen atoms in total. The van der Waals surface area contributed by atoms with Crippen LogP contribution >= 0.6 is 0 Å². The normalized spacial score (nSPS) is 10.8. The van der Waals surface area contributed by atoms with E-state index in [0.717, 1.165) is 33.6 Å². The van der Waals surface area contributed by atoms with Gasteiger partial charge in [0.2, 0.25) is 0 Å². The van der Waals surface area contributed by atoms with E-state index in [1.807, 2.05) is 67.4 Å². The lowest BCUT2D eigenvalue weighted by molar-refractivity contribution is 0.0976. The van der Waals surface area contributed by atoms with Gasteiger partial charge in [-0.15, -0.1) is 0 Å². The van der Waals surface area contributed by atoms with Gasteiger partial charge in [0.15, 0.2) is 0 Å². The van der Waals surface area contributed by atoms with Crippen molar-refractivity contribution in [3.8, 4) is 11.1 Å². The molecule has 0 fully saturated rings. The van der Waals surface area contributed by atoms with Gasteiger partial charge in [-0.3, -0.25) is 9.48 Å². The highest BCUT2D eigenvalue weighted by molar-refractivity contribution is 6.05. The average molecular weight is 396 g/mol. The van der Waals surface area contributed by atoms with Gasteiger partial charge in [-0.2, -0.15) is 5.10 Å². The first kappa shape index (κ1) is 19.6. The second-order valence-electron chi connectivity index (χ2n) is 7.53. The number of nitrogens with zero attached hydrogens (tertiary/aromatic N) is 3. The highest BCUT2D eigenvalue weighted by atomic mass is 16.2. The number of anilines is 1. The van der Waals surface area contributed by atoms with Crippen LogP contribution in [0.3, 0.4) is 0 Å². The van der Waals surface area contributed by atoms with Gasteiger partial charge in [0.25, 0.3) is 5.91 Å². The number of hydrogen-bond donors (Lipinski definition) is 0. The SMILES string of the molecule is Cc1cc(C(=O)N(Cc2ccccc2C)c2ccc(-c3ccccc3)cc2)n(C)n1. The summed E-state index contributed by atoms with van der Waals surface area (Å²) in [6.07, 6.45) is 0. The van der Waals surface area contributed by atoms with Crippen molar-refractivity contribution >= 4 is 11.6 Å². The van der Waals surface area contributed by atoms with E-state index < -0.39 is 0 Å². The Morgan fingerprint density at radius 3 is 2.13 bits per heavy atom. The van der Waals surface area contributed by atoms with Crippen molar-refractivity contribution in [2.75, 3.05) is 4.90 Å². The number of amides is 1. The molecular formula is C26H25N3O. The van der Waals surface area contributed by atoms with Crippen molar-refractivity contribution in [3.05, 3.63) is 107 Å². The van der Waals surface area contributed by atoms with E-state index in [-0.39, 0.29) is 5.91 Å². The summed E-state index contributed by atoms with van der Waals surface area (Å²) in [7, 11) is 1.81. The molecule has 0 radical (unpaired) electrons. The summed E-state index contributed by atoms with van der Waals surface area (Å²) in [6, 6.07) is 28.4. The molecule has 3 aromatic carbocycles. The van der Waals surface area contributed by atoms with Crippen molar-refractivity contribution in [1.29, 1.82) is 0 Å². The Labute approximate surface area is 177 Å². The van der Waals surface area contributed by atoms with Crippen molar-refractivity contribution < 1.29 is 4.79 Å². The highest BCUT2D eigenvalue weighted by Gasteiger charge is 2.22. The molecule has 0 atom stereocenters. The first-order chi connectivity index (χ1) is 14.5. The van der Waals surface area contributed by atoms with Crippen LogP contribution in [-0.4, -0.2) is 15.7 Å². The molecule has 1 aromatic heterocycles. The number of hydrogen-bond acceptors (Lipinski definition) is 2. The van der Waals surface area contributed by atoms with Crippen LogP contribution < -0.4 is 4.90 Å². The number of aryl methyl sites for hydroxylation is 3. The summed E-state index contributed by atoms with van der Waals surface area (Å²) < 4.78 is 1.65. The highest BCUT2D eigenvalue weighted by Crippen LogP contribution is 2.26. The van der Waals surface area contributed by atoms with E-state index in [2.05, 4.69) is 48.4 Å². The van der Waals surface area contributed by atoms with Gasteiger partial charge < -0.3 is 4.90 Å². The Kier molecular flexibility index (Phi) is 5.48. The maximum absolute atomic E-state index is 13.5. The topological polar surface area (TPSA) is 38.1 Å². The van der Waals surface area contributed by atoms with Crippen LogP contribution in [0, 0.1) is 13.8 Å². The molecule has 4 aromatic rings. The van der Waals surface area contributed by atoms with Crippen LogP contribution in [0.25, 0.3) is 11.1 Å². The van der Waals surface area contributed by atoms with Gasteiger partial charge in [-0.05, 0) is 54.3 Å². The molecule has 4 rings (SSSR count). The van der Waals surface area contributed by atoms with Gasteiger partial charge in [-0.25, -0.2) is 0 Å². The molecule has 0 aliphatic rings. The van der Waals surface area contributed by atoms with Crippen LogP contribution in [0.2, 0.25) is 0 Å². The maximum atomic E-state index is 13.5. The summed E-state index contributed by atoms with van der Waals surface area (Å²) in [4.78, 5) is 15.3. The average Bonchev–Trinajstić information content (AvgIpc) is 3.11. The molecule has 1 heterocycles. The lowest BCUT2D eigenvalue weighted by atomic mass is 10.0. The van der Waals surface area contributed by atoms with Crippen LogP contribution in [-0.2, 0) is 13.6 Å². The standard InChI is InChI=1S/C26H25N3O/c1-19-9-7-8-12-23(19)18-29(26(30)25-17-20(2)27-28(25)3)24-15-13-22(14-16-24)21-10-5-4-6-11-21/h4-17H,18H2,1-3H3. The zero-order valence-corrected chi connectivity index (χ0v) is 17.5. The molecule has 1 amide bonds. The van der Waals surface area contributed by atoms with Crippen LogP contribution in [0.4, 0.5) is 5.69 Å². The van der Waals surface area contributed by atoms with Gasteiger partial charge in [0.1, 0.15) is 5.69 Å². The van der Waals surface area contributed by atoms with Crippen LogP contribution in [0.15, 0.2) is 84.9 Å². The fourth-order valence-electron chi connectivity index (χ4n) is 3.65. The zero-order chi connectivity index (χ0) is 21.1. The summed E-state index contributed by atoms with van der Waals surface area (Å²) >= 11 is 0. The number of carbonyl (C=O) groups is 1. The molecule has 0 aliphatic heterocycles. The van der Waals surface area contributed by atoms with Crippen LogP contribution in [0.1, 0.15) is 27.3 Å². The lowest BCUT2D eigenvalue weighted by Crippen LogP contribution is -2.32. The zero-order valence-electron chi connectivity index (χ0n) is 17.5. The summed E-state index contributed by atoms with van der Waals surface area (Å²) in [5.74, 6) is -0.0613. The number of aromatic nitrogens is 2.